The van der Waals surface area contributed by atoms with Gasteiger partial charge in [0.25, 0.3) is 5.56 Å². The Hall–Kier alpha value is -1.81. The van der Waals surface area contributed by atoms with E-state index in [0.717, 1.165) is 36.0 Å². The number of hydrogen-bond acceptors (Lipinski definition) is 3. The predicted molar refractivity (Wildman–Crippen MR) is 83.2 cm³/mol. The number of pyridine rings is 1. The van der Waals surface area contributed by atoms with Crippen molar-refractivity contribution in [1.29, 1.82) is 0 Å². The van der Waals surface area contributed by atoms with Crippen LogP contribution in [0.1, 0.15) is 19.8 Å². The van der Waals surface area contributed by atoms with Crippen molar-refractivity contribution in [2.75, 3.05) is 18.5 Å². The molecule has 0 saturated heterocycles. The molecule has 0 bridgehead atoms. The molecule has 1 aromatic heterocycles. The lowest BCUT2D eigenvalue weighted by molar-refractivity contribution is 0.258. The molecular formula is C16H22N2O2. The van der Waals surface area contributed by atoms with Gasteiger partial charge in [0.05, 0.1) is 5.52 Å². The van der Waals surface area contributed by atoms with E-state index >= 15 is 0 Å². The molecule has 1 aromatic carbocycles. The monoisotopic (exact) mass is 274 g/mol. The van der Waals surface area contributed by atoms with Gasteiger partial charge in [-0.05, 0) is 18.4 Å². The van der Waals surface area contributed by atoms with E-state index in [1.807, 2.05) is 24.3 Å². The first-order valence-corrected chi connectivity index (χ1v) is 7.10. The van der Waals surface area contributed by atoms with Gasteiger partial charge in [0.15, 0.2) is 0 Å². The van der Waals surface area contributed by atoms with Crippen LogP contribution in [0.15, 0.2) is 35.1 Å². The Bertz CT molecular complexity index is 634. The molecule has 0 aliphatic carbocycles. The third-order valence-corrected chi connectivity index (χ3v) is 3.85. The third-order valence-electron chi connectivity index (χ3n) is 3.85. The average molecular weight is 274 g/mol. The second kappa shape index (κ2) is 6.57. The molecule has 2 N–H and O–H groups in total. The van der Waals surface area contributed by atoms with Crippen LogP contribution in [0.5, 0.6) is 0 Å². The molecule has 2 rings (SSSR count). The summed E-state index contributed by atoms with van der Waals surface area (Å²) in [6, 6.07) is 9.53. The van der Waals surface area contributed by atoms with Gasteiger partial charge in [0.2, 0.25) is 0 Å². The van der Waals surface area contributed by atoms with Gasteiger partial charge >= 0.3 is 0 Å². The maximum absolute atomic E-state index is 12.0. The highest BCUT2D eigenvalue weighted by Crippen LogP contribution is 2.21. The van der Waals surface area contributed by atoms with E-state index in [9.17, 15) is 4.79 Å². The van der Waals surface area contributed by atoms with E-state index in [2.05, 4.69) is 12.2 Å². The van der Waals surface area contributed by atoms with Gasteiger partial charge in [-0.3, -0.25) is 4.79 Å². The van der Waals surface area contributed by atoms with Crippen LogP contribution in [0.2, 0.25) is 0 Å². The van der Waals surface area contributed by atoms with Crippen molar-refractivity contribution in [3.05, 3.63) is 40.7 Å². The molecule has 1 unspecified atom stereocenters. The summed E-state index contributed by atoms with van der Waals surface area (Å²) in [5.74, 6) is 0.419. The molecule has 108 valence electrons. The van der Waals surface area contributed by atoms with Crippen LogP contribution in [-0.2, 0) is 7.05 Å². The van der Waals surface area contributed by atoms with Crippen molar-refractivity contribution in [3.8, 4) is 0 Å². The minimum atomic E-state index is -0.0126. The van der Waals surface area contributed by atoms with E-state index in [0.29, 0.717) is 5.92 Å². The summed E-state index contributed by atoms with van der Waals surface area (Å²) in [5.41, 5.74) is 1.79. The normalized spacial score (nSPS) is 12.6. The van der Waals surface area contributed by atoms with Crippen molar-refractivity contribution in [3.63, 3.8) is 0 Å². The van der Waals surface area contributed by atoms with Gasteiger partial charge in [0, 0.05) is 37.3 Å². The van der Waals surface area contributed by atoms with Crippen molar-refractivity contribution in [1.82, 2.24) is 4.57 Å². The number of rotatable bonds is 6. The van der Waals surface area contributed by atoms with Crippen LogP contribution in [0, 0.1) is 5.92 Å². The molecule has 0 spiro atoms. The van der Waals surface area contributed by atoms with Crippen molar-refractivity contribution in [2.45, 2.75) is 19.8 Å². The Morgan fingerprint density at radius 3 is 2.80 bits per heavy atom. The van der Waals surface area contributed by atoms with Crippen molar-refractivity contribution >= 4 is 16.6 Å². The van der Waals surface area contributed by atoms with Gasteiger partial charge < -0.3 is 15.0 Å². The van der Waals surface area contributed by atoms with Gasteiger partial charge in [-0.1, -0.05) is 31.5 Å². The van der Waals surface area contributed by atoms with E-state index in [1.54, 1.807) is 17.7 Å². The van der Waals surface area contributed by atoms with Crippen LogP contribution in [0.25, 0.3) is 10.9 Å². The molecule has 1 heterocycles. The van der Waals surface area contributed by atoms with Crippen LogP contribution >= 0.6 is 0 Å². The average Bonchev–Trinajstić information content (AvgIpc) is 2.48. The smallest absolute Gasteiger partial charge is 0.252 e. The molecule has 0 aliphatic rings. The molecule has 4 heteroatoms. The van der Waals surface area contributed by atoms with Crippen molar-refractivity contribution < 1.29 is 5.11 Å². The number of benzene rings is 1. The summed E-state index contributed by atoms with van der Waals surface area (Å²) in [6.45, 7) is 3.09. The molecule has 0 amide bonds. The van der Waals surface area contributed by atoms with E-state index in [4.69, 9.17) is 5.11 Å². The minimum absolute atomic E-state index is 0.0126. The summed E-state index contributed by atoms with van der Waals surface area (Å²) in [7, 11) is 1.79. The Balaban J connectivity index is 2.30. The van der Waals surface area contributed by atoms with E-state index in [-0.39, 0.29) is 12.2 Å². The Kier molecular flexibility index (Phi) is 4.79. The zero-order valence-corrected chi connectivity index (χ0v) is 12.1. The first-order valence-electron chi connectivity index (χ1n) is 7.10. The number of aliphatic hydroxyl groups excluding tert-OH is 1. The lowest BCUT2D eigenvalue weighted by Crippen LogP contribution is -2.20. The summed E-state index contributed by atoms with van der Waals surface area (Å²) in [4.78, 5) is 12.0. The summed E-state index contributed by atoms with van der Waals surface area (Å²) < 4.78 is 1.66. The Labute approximate surface area is 119 Å². The zero-order chi connectivity index (χ0) is 14.5. The van der Waals surface area contributed by atoms with Crippen LogP contribution < -0.4 is 10.9 Å². The number of nitrogens with zero attached hydrogens (tertiary/aromatic N) is 1. The number of fused-ring (bicyclic) bond motifs is 1. The second-order valence-corrected chi connectivity index (χ2v) is 5.14. The highest BCUT2D eigenvalue weighted by atomic mass is 16.3. The number of aliphatic hydroxyl groups is 1. The Morgan fingerprint density at radius 1 is 1.35 bits per heavy atom. The topological polar surface area (TPSA) is 54.3 Å². The number of para-hydroxylation sites is 1. The quantitative estimate of drug-likeness (QED) is 0.850. The SMILES string of the molecule is CCC(CCO)CNc1cc(=O)n(C)c2ccccc12. The molecule has 0 radical (unpaired) electrons. The minimum Gasteiger partial charge on any atom is -0.396 e. The molecule has 4 nitrogen and oxygen atoms in total. The zero-order valence-electron chi connectivity index (χ0n) is 12.1. The first-order chi connectivity index (χ1) is 9.67. The molecule has 0 aliphatic heterocycles. The fourth-order valence-corrected chi connectivity index (χ4v) is 2.44. The fraction of sp³-hybridized carbons (Fsp3) is 0.438. The standard InChI is InChI=1S/C16H22N2O2/c1-3-12(8-9-19)11-17-14-10-16(20)18(2)15-7-5-4-6-13(14)15/h4-7,10,12,17,19H,3,8-9,11H2,1-2H3. The number of hydrogen-bond donors (Lipinski definition) is 2. The Morgan fingerprint density at radius 2 is 2.10 bits per heavy atom. The van der Waals surface area contributed by atoms with Gasteiger partial charge in [-0.15, -0.1) is 0 Å². The van der Waals surface area contributed by atoms with Crippen molar-refractivity contribution in [2.24, 2.45) is 13.0 Å². The third kappa shape index (κ3) is 3.02. The number of nitrogens with one attached hydrogen (secondary N) is 1. The van der Waals surface area contributed by atoms with Crippen LogP contribution in [-0.4, -0.2) is 22.8 Å². The van der Waals surface area contributed by atoms with Gasteiger partial charge in [0.1, 0.15) is 0 Å². The summed E-state index contributed by atoms with van der Waals surface area (Å²) >= 11 is 0. The highest BCUT2D eigenvalue weighted by molar-refractivity contribution is 5.91. The lowest BCUT2D eigenvalue weighted by Gasteiger charge is -2.17. The molecule has 2 aromatic rings. The van der Waals surface area contributed by atoms with E-state index < -0.39 is 0 Å². The second-order valence-electron chi connectivity index (χ2n) is 5.14. The molecule has 20 heavy (non-hydrogen) atoms. The maximum Gasteiger partial charge on any atom is 0.252 e. The van der Waals surface area contributed by atoms with Crippen LogP contribution in [0.3, 0.4) is 0 Å². The largest absolute Gasteiger partial charge is 0.396 e. The number of aryl methyl sites for hydroxylation is 1. The first kappa shape index (κ1) is 14.6. The molecular weight excluding hydrogens is 252 g/mol. The predicted octanol–water partition coefficient (Wildman–Crippen LogP) is 2.36. The van der Waals surface area contributed by atoms with Crippen LogP contribution in [0.4, 0.5) is 5.69 Å². The highest BCUT2D eigenvalue weighted by Gasteiger charge is 2.09. The maximum atomic E-state index is 12.0. The molecule has 1 atom stereocenters. The van der Waals surface area contributed by atoms with Gasteiger partial charge in [-0.2, -0.15) is 0 Å². The molecule has 0 saturated carbocycles. The van der Waals surface area contributed by atoms with Gasteiger partial charge in [-0.25, -0.2) is 0 Å². The number of anilines is 1. The van der Waals surface area contributed by atoms with E-state index in [1.165, 1.54) is 0 Å². The fourth-order valence-electron chi connectivity index (χ4n) is 2.44. The summed E-state index contributed by atoms with van der Waals surface area (Å²) in [5, 5.41) is 13.5. The summed E-state index contributed by atoms with van der Waals surface area (Å²) in [6.07, 6.45) is 1.79. The number of aromatic nitrogens is 1. The lowest BCUT2D eigenvalue weighted by atomic mass is 10.0. The molecule has 0 fully saturated rings.